The normalized spacial score (nSPS) is 16.0. The number of ether oxygens (including phenoxy) is 1. The molecule has 168 valence electrons. The maximum Gasteiger partial charge on any atom is 0.265 e. The highest BCUT2D eigenvalue weighted by Gasteiger charge is 2.18. The number of unbranched alkanes of at least 4 members (excludes halogenated alkanes) is 1. The summed E-state index contributed by atoms with van der Waals surface area (Å²) in [5, 5.41) is 1.08. The molecule has 5 nitrogen and oxygen atoms in total. The van der Waals surface area contributed by atoms with Gasteiger partial charge in [0.1, 0.15) is 17.7 Å². The van der Waals surface area contributed by atoms with E-state index in [1.165, 1.54) is 6.42 Å². The summed E-state index contributed by atoms with van der Waals surface area (Å²) >= 11 is 0. The van der Waals surface area contributed by atoms with Crippen LogP contribution in [-0.4, -0.2) is 33.6 Å². The van der Waals surface area contributed by atoms with E-state index in [1.54, 1.807) is 28.9 Å². The highest BCUT2D eigenvalue weighted by molar-refractivity contribution is 5.43. The van der Waals surface area contributed by atoms with E-state index in [0.717, 1.165) is 43.8 Å². The van der Waals surface area contributed by atoms with Gasteiger partial charge in [-0.15, -0.1) is 0 Å². The van der Waals surface area contributed by atoms with Gasteiger partial charge < -0.3 is 9.64 Å². The third-order valence-electron chi connectivity index (χ3n) is 5.52. The number of benzene rings is 1. The van der Waals surface area contributed by atoms with Gasteiger partial charge in [-0.05, 0) is 56.0 Å². The second kappa shape index (κ2) is 11.3. The molecule has 3 rings (SSSR count). The molecule has 1 aliphatic heterocycles. The van der Waals surface area contributed by atoms with Crippen molar-refractivity contribution in [2.75, 3.05) is 13.1 Å². The molecule has 1 aliphatic rings. The number of hydrogen-bond acceptors (Lipinski definition) is 4. The highest BCUT2D eigenvalue weighted by atomic mass is 16.5. The molecule has 0 spiro atoms. The standard InChI is InChI=1S/C27H33N3O2/c1-5-8-9-18-29-19-16-24(17-20-29)32-23-14-12-22(13-15-23)30-21(4)28-26(11-7-3)25(10-6-2)27(30)31/h6-7,9-15,18,24H,2-3,5,8,16-17,19-20H2,1,4H3/b18-9+,25-10+,26-11+. The summed E-state index contributed by atoms with van der Waals surface area (Å²) in [6.07, 6.45) is 15.6. The first-order valence-corrected chi connectivity index (χ1v) is 11.3. The van der Waals surface area contributed by atoms with E-state index in [4.69, 9.17) is 4.74 Å². The lowest BCUT2D eigenvalue weighted by Crippen LogP contribution is -2.47. The van der Waals surface area contributed by atoms with Crippen LogP contribution in [-0.2, 0) is 0 Å². The molecule has 0 unspecified atom stereocenters. The van der Waals surface area contributed by atoms with Crippen LogP contribution in [0.15, 0.2) is 66.6 Å². The summed E-state index contributed by atoms with van der Waals surface area (Å²) in [5.74, 6) is 1.43. The fourth-order valence-electron chi connectivity index (χ4n) is 3.88. The number of allylic oxidation sites excluding steroid dienone is 3. The van der Waals surface area contributed by atoms with Crippen molar-refractivity contribution in [3.63, 3.8) is 0 Å². The van der Waals surface area contributed by atoms with Gasteiger partial charge in [0.15, 0.2) is 0 Å². The fourth-order valence-corrected chi connectivity index (χ4v) is 3.88. The quantitative estimate of drug-likeness (QED) is 0.640. The summed E-state index contributed by atoms with van der Waals surface area (Å²) in [4.78, 5) is 20.1. The Morgan fingerprint density at radius 1 is 1.12 bits per heavy atom. The average molecular weight is 432 g/mol. The van der Waals surface area contributed by atoms with Crippen molar-refractivity contribution in [3.8, 4) is 11.4 Å². The van der Waals surface area contributed by atoms with Gasteiger partial charge >= 0.3 is 0 Å². The van der Waals surface area contributed by atoms with Crippen LogP contribution in [0.5, 0.6) is 5.75 Å². The molecule has 0 amide bonds. The lowest BCUT2D eigenvalue weighted by Gasteiger charge is -2.31. The van der Waals surface area contributed by atoms with Gasteiger partial charge in [-0.25, -0.2) is 4.98 Å². The van der Waals surface area contributed by atoms with Crippen molar-refractivity contribution in [1.82, 2.24) is 14.5 Å². The zero-order valence-corrected chi connectivity index (χ0v) is 19.2. The first-order chi connectivity index (χ1) is 15.6. The molecule has 1 aromatic heterocycles. The zero-order valence-electron chi connectivity index (χ0n) is 19.2. The van der Waals surface area contributed by atoms with Gasteiger partial charge in [0.2, 0.25) is 0 Å². The minimum Gasteiger partial charge on any atom is -0.490 e. The Labute approximate surface area is 190 Å². The Hall–Kier alpha value is -3.34. The predicted molar refractivity (Wildman–Crippen MR) is 132 cm³/mol. The molecule has 0 N–H and O–H groups in total. The maximum atomic E-state index is 13.2. The number of rotatable bonds is 8. The van der Waals surface area contributed by atoms with Crippen molar-refractivity contribution < 1.29 is 4.74 Å². The van der Waals surface area contributed by atoms with E-state index >= 15 is 0 Å². The molecular weight excluding hydrogens is 398 g/mol. The topological polar surface area (TPSA) is 47.4 Å². The maximum absolute atomic E-state index is 13.2. The predicted octanol–water partition coefficient (Wildman–Crippen LogP) is 3.63. The highest BCUT2D eigenvalue weighted by Crippen LogP contribution is 2.21. The molecule has 5 heteroatoms. The second-order valence-electron chi connectivity index (χ2n) is 7.92. The number of hydrogen-bond donors (Lipinski definition) is 0. The number of likely N-dealkylation sites (tertiary alicyclic amines) is 1. The van der Waals surface area contributed by atoms with Crippen LogP contribution in [0.2, 0.25) is 0 Å². The third kappa shape index (κ3) is 5.67. The summed E-state index contributed by atoms with van der Waals surface area (Å²) in [6.45, 7) is 13.5. The Morgan fingerprint density at radius 3 is 2.44 bits per heavy atom. The second-order valence-corrected chi connectivity index (χ2v) is 7.92. The van der Waals surface area contributed by atoms with E-state index in [0.29, 0.717) is 16.4 Å². The van der Waals surface area contributed by atoms with Gasteiger partial charge in [-0.3, -0.25) is 9.36 Å². The summed E-state index contributed by atoms with van der Waals surface area (Å²) < 4.78 is 7.82. The minimum atomic E-state index is -0.136. The number of aromatic nitrogens is 2. The van der Waals surface area contributed by atoms with E-state index in [2.05, 4.69) is 42.2 Å². The largest absolute Gasteiger partial charge is 0.490 e. The lowest BCUT2D eigenvalue weighted by molar-refractivity contribution is 0.123. The summed E-state index contributed by atoms with van der Waals surface area (Å²) in [6, 6.07) is 7.66. The number of nitrogens with zero attached hydrogens (tertiary/aromatic N) is 3. The lowest BCUT2D eigenvalue weighted by atomic mass is 10.1. The molecular formula is C27H33N3O2. The van der Waals surface area contributed by atoms with E-state index in [-0.39, 0.29) is 11.7 Å². The van der Waals surface area contributed by atoms with Crippen LogP contribution in [0.3, 0.4) is 0 Å². The Kier molecular flexibility index (Phi) is 8.26. The fraction of sp³-hybridized carbons (Fsp3) is 0.333. The zero-order chi connectivity index (χ0) is 22.9. The Balaban J connectivity index is 1.76. The first-order valence-electron chi connectivity index (χ1n) is 11.3. The van der Waals surface area contributed by atoms with Crippen molar-refractivity contribution in [1.29, 1.82) is 0 Å². The smallest absolute Gasteiger partial charge is 0.265 e. The molecule has 0 bridgehead atoms. The molecule has 1 saturated heterocycles. The summed E-state index contributed by atoms with van der Waals surface area (Å²) in [7, 11) is 0. The van der Waals surface area contributed by atoms with Crippen LogP contribution in [0.25, 0.3) is 17.8 Å². The van der Waals surface area contributed by atoms with Crippen LogP contribution < -0.4 is 20.9 Å². The average Bonchev–Trinajstić information content (AvgIpc) is 2.79. The molecule has 1 fully saturated rings. The molecule has 32 heavy (non-hydrogen) atoms. The first kappa shape index (κ1) is 23.3. The van der Waals surface area contributed by atoms with Gasteiger partial charge in [0, 0.05) is 25.9 Å². The molecule has 0 aliphatic carbocycles. The SMILES string of the molecule is C=C/C=c1/nc(C)n(-c2ccc(OC3CCN(/C=C/CCC)CC3)cc2)c(=O)/c1=C/C=C. The van der Waals surface area contributed by atoms with Crippen molar-refractivity contribution >= 4 is 12.2 Å². The van der Waals surface area contributed by atoms with Gasteiger partial charge in [-0.2, -0.15) is 0 Å². The molecule has 0 radical (unpaired) electrons. The van der Waals surface area contributed by atoms with Crippen LogP contribution in [0.4, 0.5) is 0 Å². The van der Waals surface area contributed by atoms with E-state index in [9.17, 15) is 4.79 Å². The van der Waals surface area contributed by atoms with Crippen LogP contribution >= 0.6 is 0 Å². The Morgan fingerprint density at radius 2 is 1.81 bits per heavy atom. The van der Waals surface area contributed by atoms with E-state index < -0.39 is 0 Å². The van der Waals surface area contributed by atoms with Crippen molar-refractivity contribution in [3.05, 3.63) is 88.6 Å². The van der Waals surface area contributed by atoms with E-state index in [1.807, 2.05) is 31.2 Å². The van der Waals surface area contributed by atoms with Gasteiger partial charge in [-0.1, -0.05) is 44.7 Å². The van der Waals surface area contributed by atoms with Crippen molar-refractivity contribution in [2.45, 2.75) is 45.6 Å². The number of aryl methyl sites for hydroxylation is 1. The van der Waals surface area contributed by atoms with Crippen LogP contribution in [0, 0.1) is 6.92 Å². The number of piperidine rings is 1. The van der Waals surface area contributed by atoms with Crippen molar-refractivity contribution in [2.24, 2.45) is 0 Å². The molecule has 0 atom stereocenters. The van der Waals surface area contributed by atoms with Gasteiger partial charge in [0.25, 0.3) is 5.56 Å². The third-order valence-corrected chi connectivity index (χ3v) is 5.52. The van der Waals surface area contributed by atoms with Crippen LogP contribution in [0.1, 0.15) is 38.4 Å². The Bertz CT molecular complexity index is 1140. The molecule has 2 aromatic rings. The monoisotopic (exact) mass is 431 g/mol. The molecule has 1 aromatic carbocycles. The minimum absolute atomic E-state index is 0.136. The molecule has 2 heterocycles. The van der Waals surface area contributed by atoms with Gasteiger partial charge in [0.05, 0.1) is 16.3 Å². The summed E-state index contributed by atoms with van der Waals surface area (Å²) in [5.41, 5.74) is 0.620. The molecule has 0 saturated carbocycles.